The molecule has 0 atom stereocenters. The highest BCUT2D eigenvalue weighted by atomic mass is 35.5. The third kappa shape index (κ3) is 2.96. The lowest BCUT2D eigenvalue weighted by Gasteiger charge is -2.25. The van der Waals surface area contributed by atoms with Crippen molar-refractivity contribution in [1.82, 2.24) is 4.98 Å². The normalized spacial score (nSPS) is 15.4. The molecule has 21 heavy (non-hydrogen) atoms. The zero-order valence-electron chi connectivity index (χ0n) is 11.4. The van der Waals surface area contributed by atoms with E-state index >= 15 is 0 Å². The van der Waals surface area contributed by atoms with E-state index in [1.165, 1.54) is 0 Å². The number of hydrogen-bond donors (Lipinski definition) is 0. The van der Waals surface area contributed by atoms with Crippen molar-refractivity contribution >= 4 is 28.6 Å². The molecule has 0 saturated carbocycles. The summed E-state index contributed by atoms with van der Waals surface area (Å²) in [5.41, 5.74) is 0.103. The molecule has 1 aliphatic heterocycles. The fourth-order valence-electron chi connectivity index (χ4n) is 2.23. The Morgan fingerprint density at radius 3 is 2.90 bits per heavy atom. The quantitative estimate of drug-likeness (QED) is 0.800. The molecule has 1 fully saturated rings. The van der Waals surface area contributed by atoms with Gasteiger partial charge in [-0.05, 0) is 12.1 Å². The van der Waals surface area contributed by atoms with Gasteiger partial charge in [-0.15, -0.1) is 11.6 Å². The zero-order valence-corrected chi connectivity index (χ0v) is 12.1. The Hall–Kier alpha value is -1.79. The summed E-state index contributed by atoms with van der Waals surface area (Å²) >= 11 is 5.61. The summed E-state index contributed by atoms with van der Waals surface area (Å²) in [5, 5.41) is 0.347. The number of halogens is 1. The lowest BCUT2D eigenvalue weighted by molar-refractivity contribution is 0.120. The van der Waals surface area contributed by atoms with Gasteiger partial charge in [-0.1, -0.05) is 6.07 Å². The van der Waals surface area contributed by atoms with Gasteiger partial charge in [0.05, 0.1) is 19.1 Å². The molecular weight excluding hydrogens is 296 g/mol. The summed E-state index contributed by atoms with van der Waals surface area (Å²) in [7, 11) is 0. The van der Waals surface area contributed by atoms with Crippen LogP contribution in [0.25, 0.3) is 11.0 Å². The highest BCUT2D eigenvalue weighted by Crippen LogP contribution is 2.25. The molecule has 0 unspecified atom stereocenters. The van der Waals surface area contributed by atoms with Crippen LogP contribution >= 0.6 is 11.6 Å². The van der Waals surface area contributed by atoms with Crippen LogP contribution in [0.5, 0.6) is 5.75 Å². The Labute approximate surface area is 126 Å². The van der Waals surface area contributed by atoms with Crippen molar-refractivity contribution in [2.24, 2.45) is 0 Å². The fraction of sp³-hybridized carbons (Fsp3) is 0.429. The number of alkyl halides is 1. The molecule has 2 aromatic rings. The number of morpholine rings is 1. The third-order valence-corrected chi connectivity index (χ3v) is 3.37. The molecule has 0 N–H and O–H groups in total. The maximum Gasteiger partial charge on any atom is 0.301 e. The molecule has 0 bridgehead atoms. The molecule has 7 heteroatoms. The molecule has 0 spiro atoms. The Balaban J connectivity index is 2.02. The minimum Gasteiger partial charge on any atom is -0.491 e. The van der Waals surface area contributed by atoms with Gasteiger partial charge in [0.2, 0.25) is 0 Å². The second kappa shape index (κ2) is 6.32. The van der Waals surface area contributed by atoms with Crippen molar-refractivity contribution in [2.45, 2.75) is 0 Å². The van der Waals surface area contributed by atoms with Crippen LogP contribution in [-0.2, 0) is 4.74 Å². The van der Waals surface area contributed by atoms with E-state index in [9.17, 15) is 4.79 Å². The third-order valence-electron chi connectivity index (χ3n) is 3.22. The zero-order chi connectivity index (χ0) is 14.7. The first kappa shape index (κ1) is 14.2. The standard InChI is InChI=1S/C14H15ClN2O4/c15-4-7-20-10-2-1-3-11-12(10)13(18)16-14(21-11)17-5-8-19-9-6-17/h1-3H,4-9H2. The predicted octanol–water partition coefficient (Wildman–Crippen LogP) is 1.64. The first-order valence-electron chi connectivity index (χ1n) is 6.75. The van der Waals surface area contributed by atoms with E-state index < -0.39 is 0 Å². The highest BCUT2D eigenvalue weighted by Gasteiger charge is 2.18. The predicted molar refractivity (Wildman–Crippen MR) is 79.5 cm³/mol. The van der Waals surface area contributed by atoms with E-state index in [4.69, 9.17) is 25.5 Å². The number of ether oxygens (including phenoxy) is 2. The van der Waals surface area contributed by atoms with Crippen LogP contribution in [0.1, 0.15) is 0 Å². The molecule has 0 radical (unpaired) electrons. The van der Waals surface area contributed by atoms with Gasteiger partial charge in [0.1, 0.15) is 23.3 Å². The number of hydrogen-bond acceptors (Lipinski definition) is 6. The Kier molecular flexibility index (Phi) is 4.26. The van der Waals surface area contributed by atoms with Crippen LogP contribution in [0.3, 0.4) is 0 Å². The summed E-state index contributed by atoms with van der Waals surface area (Å²) in [6.07, 6.45) is 0. The van der Waals surface area contributed by atoms with E-state index in [2.05, 4.69) is 4.98 Å². The first-order chi connectivity index (χ1) is 10.3. The Morgan fingerprint density at radius 1 is 1.33 bits per heavy atom. The minimum atomic E-state index is -0.358. The van der Waals surface area contributed by atoms with Gasteiger partial charge in [0, 0.05) is 13.1 Å². The summed E-state index contributed by atoms with van der Waals surface area (Å²) in [6, 6.07) is 5.54. The number of aromatic nitrogens is 1. The van der Waals surface area contributed by atoms with Gasteiger partial charge in [-0.25, -0.2) is 0 Å². The largest absolute Gasteiger partial charge is 0.491 e. The molecule has 1 aromatic carbocycles. The molecule has 0 amide bonds. The second-order valence-corrected chi connectivity index (χ2v) is 4.95. The van der Waals surface area contributed by atoms with Gasteiger partial charge in [0.15, 0.2) is 0 Å². The average molecular weight is 311 g/mol. The topological polar surface area (TPSA) is 64.8 Å². The van der Waals surface area contributed by atoms with E-state index in [0.29, 0.717) is 61.5 Å². The van der Waals surface area contributed by atoms with E-state index in [1.54, 1.807) is 18.2 Å². The summed E-state index contributed by atoms with van der Waals surface area (Å²) < 4.78 is 16.5. The summed E-state index contributed by atoms with van der Waals surface area (Å²) in [4.78, 5) is 18.2. The average Bonchev–Trinajstić information content (AvgIpc) is 2.53. The Morgan fingerprint density at radius 2 is 2.14 bits per heavy atom. The molecule has 1 saturated heterocycles. The van der Waals surface area contributed by atoms with E-state index in [0.717, 1.165) is 0 Å². The van der Waals surface area contributed by atoms with Crippen LogP contribution in [0.4, 0.5) is 6.01 Å². The number of nitrogens with zero attached hydrogens (tertiary/aromatic N) is 2. The highest BCUT2D eigenvalue weighted by molar-refractivity contribution is 6.18. The smallest absolute Gasteiger partial charge is 0.301 e. The Bertz CT molecular complexity index is 682. The van der Waals surface area contributed by atoms with Crippen molar-refractivity contribution in [1.29, 1.82) is 0 Å². The SMILES string of the molecule is O=c1nc(N2CCOCC2)oc2cccc(OCCCl)c12. The van der Waals surface area contributed by atoms with Crippen LogP contribution in [0.15, 0.2) is 27.4 Å². The fourth-order valence-corrected chi connectivity index (χ4v) is 2.31. The van der Waals surface area contributed by atoms with Gasteiger partial charge in [-0.2, -0.15) is 4.98 Å². The second-order valence-electron chi connectivity index (χ2n) is 4.57. The number of benzene rings is 1. The molecule has 1 aliphatic rings. The maximum atomic E-state index is 12.3. The van der Waals surface area contributed by atoms with E-state index in [-0.39, 0.29) is 5.56 Å². The number of rotatable bonds is 4. The molecule has 1 aromatic heterocycles. The van der Waals surface area contributed by atoms with Crippen LogP contribution in [-0.4, -0.2) is 43.8 Å². The summed E-state index contributed by atoms with van der Waals surface area (Å²) in [5.74, 6) is 0.795. The van der Waals surface area contributed by atoms with Crippen molar-refractivity contribution in [3.63, 3.8) is 0 Å². The van der Waals surface area contributed by atoms with Crippen LogP contribution < -0.4 is 15.2 Å². The minimum absolute atomic E-state index is 0.324. The van der Waals surface area contributed by atoms with Gasteiger partial charge < -0.3 is 18.8 Å². The van der Waals surface area contributed by atoms with Crippen molar-refractivity contribution in [2.75, 3.05) is 43.7 Å². The monoisotopic (exact) mass is 310 g/mol. The molecule has 3 rings (SSSR count). The van der Waals surface area contributed by atoms with Crippen LogP contribution in [0.2, 0.25) is 0 Å². The first-order valence-corrected chi connectivity index (χ1v) is 7.28. The molecule has 0 aliphatic carbocycles. The summed E-state index contributed by atoms with van der Waals surface area (Å²) in [6.45, 7) is 2.84. The van der Waals surface area contributed by atoms with Crippen molar-refractivity contribution < 1.29 is 13.9 Å². The lowest BCUT2D eigenvalue weighted by atomic mass is 10.2. The molecule has 6 nitrogen and oxygen atoms in total. The van der Waals surface area contributed by atoms with Crippen LogP contribution in [0, 0.1) is 0 Å². The molecular formula is C14H15ClN2O4. The van der Waals surface area contributed by atoms with Crippen molar-refractivity contribution in [3.8, 4) is 5.75 Å². The van der Waals surface area contributed by atoms with Gasteiger partial charge >= 0.3 is 6.01 Å². The maximum absolute atomic E-state index is 12.3. The molecule has 112 valence electrons. The van der Waals surface area contributed by atoms with Gasteiger partial charge in [-0.3, -0.25) is 4.79 Å². The lowest BCUT2D eigenvalue weighted by Crippen LogP contribution is -2.37. The molecule has 2 heterocycles. The van der Waals surface area contributed by atoms with E-state index in [1.807, 2.05) is 4.90 Å². The number of anilines is 1. The number of fused-ring (bicyclic) bond motifs is 1. The van der Waals surface area contributed by atoms with Gasteiger partial charge in [0.25, 0.3) is 5.56 Å². The van der Waals surface area contributed by atoms with Crippen molar-refractivity contribution in [3.05, 3.63) is 28.6 Å².